The molecule has 5 nitrogen and oxygen atoms in total. The van der Waals surface area contributed by atoms with Crippen molar-refractivity contribution >= 4 is 7.82 Å². The molecule has 2 N–H and O–H groups in total. The van der Waals surface area contributed by atoms with Crippen molar-refractivity contribution in [1.82, 2.24) is 4.90 Å². The van der Waals surface area contributed by atoms with Crippen LogP contribution in [-0.4, -0.2) is 40.9 Å². The lowest BCUT2D eigenvalue weighted by Gasteiger charge is -2.22. The minimum Gasteiger partial charge on any atom is -0.303 e. The molecule has 0 spiro atoms. The van der Waals surface area contributed by atoms with Crippen LogP contribution in [0.15, 0.2) is 0 Å². The molecule has 0 heterocycles. The minimum atomic E-state index is -4.37. The van der Waals surface area contributed by atoms with Gasteiger partial charge in [-0.2, -0.15) is 0 Å². The van der Waals surface area contributed by atoms with Crippen molar-refractivity contribution < 1.29 is 18.9 Å². The number of rotatable bonds is 34. The molecule has 0 aliphatic carbocycles. The largest absolute Gasteiger partial charge is 0.469 e. The van der Waals surface area contributed by atoms with Crippen molar-refractivity contribution in [2.24, 2.45) is 0 Å². The van der Waals surface area contributed by atoms with Gasteiger partial charge in [0.05, 0.1) is 6.61 Å². The Morgan fingerprint density at radius 2 is 0.675 bits per heavy atom. The third-order valence-corrected chi connectivity index (χ3v) is 8.84. The van der Waals surface area contributed by atoms with Gasteiger partial charge in [-0.05, 0) is 25.9 Å². The van der Waals surface area contributed by atoms with Crippen LogP contribution < -0.4 is 0 Å². The number of phosphoric ester groups is 1. The summed E-state index contributed by atoms with van der Waals surface area (Å²) in [7, 11) is -4.37. The molecular weight excluding hydrogens is 517 g/mol. The van der Waals surface area contributed by atoms with Crippen molar-refractivity contribution in [3.05, 3.63) is 0 Å². The molecular formula is C34H72NO4P. The van der Waals surface area contributed by atoms with Gasteiger partial charge in [0.25, 0.3) is 0 Å². The smallest absolute Gasteiger partial charge is 0.303 e. The zero-order valence-corrected chi connectivity index (χ0v) is 28.1. The van der Waals surface area contributed by atoms with E-state index in [-0.39, 0.29) is 6.61 Å². The number of nitrogens with zero attached hydrogens (tertiary/aromatic N) is 1. The van der Waals surface area contributed by atoms with Gasteiger partial charge in [-0.15, -0.1) is 0 Å². The fraction of sp³-hybridized carbons (Fsp3) is 1.00. The first-order valence-electron chi connectivity index (χ1n) is 17.9. The van der Waals surface area contributed by atoms with Gasteiger partial charge < -0.3 is 14.7 Å². The number of phosphoric acid groups is 1. The second-order valence-electron chi connectivity index (χ2n) is 12.4. The highest BCUT2D eigenvalue weighted by molar-refractivity contribution is 7.46. The van der Waals surface area contributed by atoms with Crippen molar-refractivity contribution in [3.8, 4) is 0 Å². The van der Waals surface area contributed by atoms with Gasteiger partial charge in [-0.25, -0.2) is 4.57 Å². The molecule has 0 aliphatic heterocycles. The van der Waals surface area contributed by atoms with Crippen LogP contribution in [0.25, 0.3) is 0 Å². The van der Waals surface area contributed by atoms with E-state index in [4.69, 9.17) is 14.3 Å². The Bertz CT molecular complexity index is 496. The van der Waals surface area contributed by atoms with Crippen molar-refractivity contribution in [3.63, 3.8) is 0 Å². The molecule has 6 heteroatoms. The minimum absolute atomic E-state index is 0.113. The van der Waals surface area contributed by atoms with Gasteiger partial charge >= 0.3 is 7.82 Å². The predicted octanol–water partition coefficient (Wildman–Crippen LogP) is 11.4. The molecule has 0 fully saturated rings. The van der Waals surface area contributed by atoms with Gasteiger partial charge in [-0.1, -0.05) is 181 Å². The molecule has 0 amide bonds. The van der Waals surface area contributed by atoms with Crippen LogP contribution in [0.5, 0.6) is 0 Å². The van der Waals surface area contributed by atoms with E-state index in [0.717, 1.165) is 13.1 Å². The molecule has 0 aromatic heterocycles. The van der Waals surface area contributed by atoms with Crippen LogP contribution in [0.3, 0.4) is 0 Å². The number of hydrogen-bond acceptors (Lipinski definition) is 3. The standard InChI is InChI=1S/C34H72NO4P/c1-3-5-7-9-11-13-15-17-19-21-23-25-27-29-31-35(33-34-39-40(36,37)38)32-30-28-26-24-22-20-18-16-14-12-10-8-6-4-2/h3-34H2,1-2H3,(H2,36,37,38). The number of hydrogen-bond donors (Lipinski definition) is 2. The molecule has 0 radical (unpaired) electrons. The monoisotopic (exact) mass is 590 g/mol. The van der Waals surface area contributed by atoms with Crippen LogP contribution in [0.2, 0.25) is 0 Å². The molecule has 0 saturated heterocycles. The highest BCUT2D eigenvalue weighted by Gasteiger charge is 2.14. The van der Waals surface area contributed by atoms with Crippen LogP contribution in [0, 0.1) is 0 Å². The molecule has 0 aliphatic rings. The number of unbranched alkanes of at least 4 members (excludes halogenated alkanes) is 26. The third kappa shape index (κ3) is 34.3. The maximum atomic E-state index is 11.1. The zero-order chi connectivity index (χ0) is 29.4. The summed E-state index contributed by atoms with van der Waals surface area (Å²) in [5.41, 5.74) is 0. The Balaban J connectivity index is 3.74. The van der Waals surface area contributed by atoms with Crippen LogP contribution in [0.4, 0.5) is 0 Å². The summed E-state index contributed by atoms with van der Waals surface area (Å²) >= 11 is 0. The molecule has 0 atom stereocenters. The van der Waals surface area contributed by atoms with Crippen LogP contribution in [-0.2, 0) is 9.09 Å². The molecule has 0 saturated carbocycles. The molecule has 242 valence electrons. The lowest BCUT2D eigenvalue weighted by molar-refractivity contribution is 0.158. The second kappa shape index (κ2) is 32.0. The summed E-state index contributed by atoms with van der Waals surface area (Å²) in [5.74, 6) is 0. The van der Waals surface area contributed by atoms with Gasteiger partial charge in [-0.3, -0.25) is 4.52 Å². The average molecular weight is 590 g/mol. The lowest BCUT2D eigenvalue weighted by atomic mass is 10.0. The lowest BCUT2D eigenvalue weighted by Crippen LogP contribution is -2.29. The molecule has 0 rings (SSSR count). The van der Waals surface area contributed by atoms with Crippen molar-refractivity contribution in [2.45, 2.75) is 194 Å². The SMILES string of the molecule is CCCCCCCCCCCCCCCCN(CCCCCCCCCCCCCCCC)CCOP(=O)(O)O. The van der Waals surface area contributed by atoms with Gasteiger partial charge in [0.2, 0.25) is 0 Å². The van der Waals surface area contributed by atoms with Crippen molar-refractivity contribution in [1.29, 1.82) is 0 Å². The molecule has 0 unspecified atom stereocenters. The van der Waals surface area contributed by atoms with E-state index in [2.05, 4.69) is 18.7 Å². The second-order valence-corrected chi connectivity index (χ2v) is 13.6. The summed E-state index contributed by atoms with van der Waals surface area (Å²) in [4.78, 5) is 20.4. The Kier molecular flexibility index (Phi) is 32.0. The Labute approximate surface area is 251 Å². The highest BCUT2D eigenvalue weighted by atomic mass is 31.2. The maximum absolute atomic E-state index is 11.1. The van der Waals surface area contributed by atoms with E-state index in [1.54, 1.807) is 0 Å². The van der Waals surface area contributed by atoms with Gasteiger partial charge in [0.1, 0.15) is 0 Å². The topological polar surface area (TPSA) is 70.0 Å². The van der Waals surface area contributed by atoms with E-state index >= 15 is 0 Å². The molecule has 0 aromatic rings. The van der Waals surface area contributed by atoms with E-state index < -0.39 is 7.82 Å². The molecule has 0 bridgehead atoms. The van der Waals surface area contributed by atoms with E-state index in [0.29, 0.717) is 6.54 Å². The summed E-state index contributed by atoms with van der Waals surface area (Å²) in [5, 5.41) is 0. The summed E-state index contributed by atoms with van der Waals surface area (Å²) in [6, 6.07) is 0. The summed E-state index contributed by atoms with van der Waals surface area (Å²) < 4.78 is 15.8. The Hall–Kier alpha value is 0.0700. The Morgan fingerprint density at radius 3 is 0.925 bits per heavy atom. The normalized spacial score (nSPS) is 12.1. The fourth-order valence-corrected chi connectivity index (χ4v) is 6.00. The van der Waals surface area contributed by atoms with E-state index in [1.165, 1.54) is 180 Å². The van der Waals surface area contributed by atoms with Gasteiger partial charge in [0, 0.05) is 6.54 Å². The molecule has 0 aromatic carbocycles. The van der Waals surface area contributed by atoms with E-state index in [9.17, 15) is 4.57 Å². The first-order valence-corrected chi connectivity index (χ1v) is 19.4. The first-order chi connectivity index (χ1) is 19.5. The maximum Gasteiger partial charge on any atom is 0.469 e. The van der Waals surface area contributed by atoms with E-state index in [1.807, 2.05) is 0 Å². The van der Waals surface area contributed by atoms with Crippen molar-refractivity contribution in [2.75, 3.05) is 26.2 Å². The average Bonchev–Trinajstić information content (AvgIpc) is 2.92. The quantitative estimate of drug-likeness (QED) is 0.0577. The first kappa shape index (κ1) is 40.1. The fourth-order valence-electron chi connectivity index (χ4n) is 5.68. The van der Waals surface area contributed by atoms with Crippen LogP contribution in [0.1, 0.15) is 194 Å². The third-order valence-electron chi connectivity index (χ3n) is 8.32. The molecule has 40 heavy (non-hydrogen) atoms. The summed E-state index contributed by atoms with van der Waals surface area (Å²) in [6.07, 6.45) is 38.2. The predicted molar refractivity (Wildman–Crippen MR) is 175 cm³/mol. The Morgan fingerprint density at radius 1 is 0.425 bits per heavy atom. The highest BCUT2D eigenvalue weighted by Crippen LogP contribution is 2.35. The summed E-state index contributed by atoms with van der Waals surface area (Å²) in [6.45, 7) is 7.32. The van der Waals surface area contributed by atoms with Gasteiger partial charge in [0.15, 0.2) is 0 Å². The van der Waals surface area contributed by atoms with Crippen LogP contribution >= 0.6 is 7.82 Å². The zero-order valence-electron chi connectivity index (χ0n) is 27.2.